The van der Waals surface area contributed by atoms with E-state index >= 15 is 0 Å². The summed E-state index contributed by atoms with van der Waals surface area (Å²) in [4.78, 5) is 41.1. The van der Waals surface area contributed by atoms with Gasteiger partial charge in [-0.15, -0.1) is 0 Å². The number of H-pyrrole nitrogens is 1. The molecule has 7 heteroatoms. The summed E-state index contributed by atoms with van der Waals surface area (Å²) in [7, 11) is 1.49. The third-order valence-corrected chi connectivity index (χ3v) is 4.65. The van der Waals surface area contributed by atoms with Crippen molar-refractivity contribution in [3.63, 3.8) is 0 Å². The van der Waals surface area contributed by atoms with Crippen molar-refractivity contribution in [2.24, 2.45) is 0 Å². The van der Waals surface area contributed by atoms with Crippen molar-refractivity contribution >= 4 is 23.2 Å². The highest BCUT2D eigenvalue weighted by molar-refractivity contribution is 6.05. The zero-order chi connectivity index (χ0) is 19.4. The van der Waals surface area contributed by atoms with Gasteiger partial charge in [0.1, 0.15) is 12.2 Å². The number of nitrogens with one attached hydrogen (secondary N) is 2. The van der Waals surface area contributed by atoms with Crippen LogP contribution in [-0.4, -0.2) is 37.1 Å². The molecule has 1 aliphatic rings. The lowest BCUT2D eigenvalue weighted by Crippen LogP contribution is -2.37. The molecule has 0 unspecified atom stereocenters. The fourth-order valence-electron chi connectivity index (χ4n) is 3.21. The van der Waals surface area contributed by atoms with Crippen LogP contribution < -0.4 is 15.8 Å². The van der Waals surface area contributed by atoms with Gasteiger partial charge in [-0.2, -0.15) is 0 Å². The molecule has 2 amide bonds. The third-order valence-electron chi connectivity index (χ3n) is 4.65. The molecule has 0 bridgehead atoms. The molecule has 1 aromatic carbocycles. The van der Waals surface area contributed by atoms with E-state index in [9.17, 15) is 14.4 Å². The Morgan fingerprint density at radius 1 is 1.30 bits per heavy atom. The number of nitrogens with zero attached hydrogens (tertiary/aromatic N) is 1. The second-order valence-electron chi connectivity index (χ2n) is 6.48. The highest BCUT2D eigenvalue weighted by Crippen LogP contribution is 2.30. The molecule has 0 fully saturated rings. The van der Waals surface area contributed by atoms with Crippen molar-refractivity contribution < 1.29 is 14.3 Å². The van der Waals surface area contributed by atoms with E-state index in [4.69, 9.17) is 4.74 Å². The minimum atomic E-state index is -0.475. The molecule has 142 valence electrons. The number of aryl methyl sites for hydroxylation is 2. The van der Waals surface area contributed by atoms with Gasteiger partial charge in [-0.05, 0) is 48.6 Å². The van der Waals surface area contributed by atoms with Crippen LogP contribution in [-0.2, 0) is 22.4 Å². The fraction of sp³-hybridized carbons (Fsp3) is 0.350. The summed E-state index contributed by atoms with van der Waals surface area (Å²) in [6, 6.07) is 7.07. The van der Waals surface area contributed by atoms with Gasteiger partial charge < -0.3 is 19.9 Å². The van der Waals surface area contributed by atoms with E-state index < -0.39 is 11.5 Å². The zero-order valence-corrected chi connectivity index (χ0v) is 15.5. The molecule has 0 atom stereocenters. The molecule has 1 aromatic heterocycles. The number of ether oxygens (including phenoxy) is 1. The molecule has 3 rings (SSSR count). The Morgan fingerprint density at radius 2 is 2.11 bits per heavy atom. The lowest BCUT2D eigenvalue weighted by Gasteiger charge is -2.29. The number of hydrogen-bond donors (Lipinski definition) is 2. The van der Waals surface area contributed by atoms with E-state index in [0.29, 0.717) is 18.7 Å². The van der Waals surface area contributed by atoms with E-state index in [0.717, 1.165) is 29.7 Å². The average Bonchev–Trinajstić information content (AvgIpc) is 2.68. The molecule has 27 heavy (non-hydrogen) atoms. The molecule has 0 aliphatic carbocycles. The summed E-state index contributed by atoms with van der Waals surface area (Å²) in [5.41, 5.74) is 2.88. The summed E-state index contributed by atoms with van der Waals surface area (Å²) in [6.45, 7) is 2.57. The first kappa shape index (κ1) is 18.8. The second-order valence-corrected chi connectivity index (χ2v) is 6.48. The first-order valence-electron chi connectivity index (χ1n) is 8.98. The van der Waals surface area contributed by atoms with Crippen molar-refractivity contribution in [3.05, 3.63) is 57.5 Å². The number of carbonyl (C=O) groups is 2. The van der Waals surface area contributed by atoms with Crippen LogP contribution in [0.25, 0.3) is 0 Å². The Balaban J connectivity index is 1.86. The normalized spacial score (nSPS) is 13.2. The highest BCUT2D eigenvalue weighted by Gasteiger charge is 2.23. The average molecular weight is 369 g/mol. The smallest absolute Gasteiger partial charge is 0.261 e. The van der Waals surface area contributed by atoms with Gasteiger partial charge in [0.25, 0.3) is 17.4 Å². The number of carbonyl (C=O) groups excluding carboxylic acids is 2. The maximum absolute atomic E-state index is 12.6. The number of benzene rings is 1. The summed E-state index contributed by atoms with van der Waals surface area (Å²) in [5, 5.41) is 2.76. The van der Waals surface area contributed by atoms with Crippen LogP contribution in [0.15, 0.2) is 35.3 Å². The first-order valence-corrected chi connectivity index (χ1v) is 8.98. The number of anilines is 2. The Bertz CT molecular complexity index is 920. The maximum atomic E-state index is 12.6. The van der Waals surface area contributed by atoms with Crippen molar-refractivity contribution in [3.8, 4) is 0 Å². The number of fused-ring (bicyclic) bond motifs is 1. The van der Waals surface area contributed by atoms with Crippen molar-refractivity contribution in [2.45, 2.75) is 26.2 Å². The van der Waals surface area contributed by atoms with Crippen molar-refractivity contribution in [1.82, 2.24) is 4.98 Å². The minimum absolute atomic E-state index is 0.00914. The van der Waals surface area contributed by atoms with E-state index in [1.807, 2.05) is 13.0 Å². The monoisotopic (exact) mass is 369 g/mol. The van der Waals surface area contributed by atoms with Gasteiger partial charge in [0.15, 0.2) is 0 Å². The Hall–Kier alpha value is -2.93. The number of aromatic nitrogens is 1. The first-order chi connectivity index (χ1) is 13.0. The molecular formula is C20H23N3O4. The summed E-state index contributed by atoms with van der Waals surface area (Å²) in [6.07, 6.45) is 4.08. The lowest BCUT2D eigenvalue weighted by atomic mass is 10.0. The Labute approximate surface area is 157 Å². The molecule has 0 saturated heterocycles. The van der Waals surface area contributed by atoms with Gasteiger partial charge in [-0.25, -0.2) is 0 Å². The number of amides is 2. The number of rotatable bonds is 5. The van der Waals surface area contributed by atoms with Gasteiger partial charge in [-0.3, -0.25) is 14.4 Å². The molecule has 2 N–H and O–H groups in total. The standard InChI is InChI=1S/C20H23N3O4/c1-3-13-9-16(19(25)21-11-13)20(26)22-15-7-6-14-5-4-8-23(17(14)10-15)18(24)12-27-2/h6-7,9-11H,3-5,8,12H2,1-2H3,(H,21,25)(H,22,26). The number of pyridine rings is 1. The second kappa shape index (κ2) is 8.18. The van der Waals surface area contributed by atoms with Gasteiger partial charge in [0.2, 0.25) is 0 Å². The lowest BCUT2D eigenvalue weighted by molar-refractivity contribution is -0.122. The van der Waals surface area contributed by atoms with Gasteiger partial charge in [-0.1, -0.05) is 13.0 Å². The van der Waals surface area contributed by atoms with Crippen LogP contribution in [0.3, 0.4) is 0 Å². The van der Waals surface area contributed by atoms with Crippen molar-refractivity contribution in [2.75, 3.05) is 30.5 Å². The number of aromatic amines is 1. The largest absolute Gasteiger partial charge is 0.375 e. The molecule has 0 radical (unpaired) electrons. The predicted octanol–water partition coefficient (Wildman–Crippen LogP) is 2.12. The van der Waals surface area contributed by atoms with Crippen LogP contribution in [0.5, 0.6) is 0 Å². The Kier molecular flexibility index (Phi) is 5.71. The van der Waals surface area contributed by atoms with E-state index in [-0.39, 0.29) is 18.1 Å². The highest BCUT2D eigenvalue weighted by atomic mass is 16.5. The molecule has 1 aliphatic heterocycles. The number of methoxy groups -OCH3 is 1. The SMILES string of the molecule is CCc1c[nH]c(=O)c(C(=O)Nc2ccc3c(c2)N(C(=O)COC)CCC3)c1. The molecular weight excluding hydrogens is 346 g/mol. The van der Waals surface area contributed by atoms with Gasteiger partial charge >= 0.3 is 0 Å². The fourth-order valence-corrected chi connectivity index (χ4v) is 3.21. The molecule has 0 spiro atoms. The molecule has 2 heterocycles. The summed E-state index contributed by atoms with van der Waals surface area (Å²) >= 11 is 0. The van der Waals surface area contributed by atoms with Crippen LogP contribution in [0, 0.1) is 0 Å². The zero-order valence-electron chi connectivity index (χ0n) is 15.5. The van der Waals surface area contributed by atoms with Crippen LogP contribution in [0.4, 0.5) is 11.4 Å². The summed E-state index contributed by atoms with van der Waals surface area (Å²) < 4.78 is 4.96. The van der Waals surface area contributed by atoms with Crippen LogP contribution in [0.1, 0.15) is 34.8 Å². The maximum Gasteiger partial charge on any atom is 0.261 e. The predicted molar refractivity (Wildman–Crippen MR) is 103 cm³/mol. The quantitative estimate of drug-likeness (QED) is 0.844. The van der Waals surface area contributed by atoms with Gasteiger partial charge in [0.05, 0.1) is 0 Å². The minimum Gasteiger partial charge on any atom is -0.375 e. The topological polar surface area (TPSA) is 91.5 Å². The van der Waals surface area contributed by atoms with E-state index in [1.54, 1.807) is 29.3 Å². The van der Waals surface area contributed by atoms with Crippen LogP contribution in [0.2, 0.25) is 0 Å². The molecule has 2 aromatic rings. The molecule has 7 nitrogen and oxygen atoms in total. The van der Waals surface area contributed by atoms with E-state index in [1.165, 1.54) is 7.11 Å². The third kappa shape index (κ3) is 4.09. The van der Waals surface area contributed by atoms with Crippen LogP contribution >= 0.6 is 0 Å². The van der Waals surface area contributed by atoms with Crippen molar-refractivity contribution in [1.29, 1.82) is 0 Å². The molecule has 0 saturated carbocycles. The Morgan fingerprint density at radius 3 is 2.85 bits per heavy atom. The number of hydrogen-bond acceptors (Lipinski definition) is 4. The summed E-state index contributed by atoms with van der Waals surface area (Å²) in [5.74, 6) is -0.592. The van der Waals surface area contributed by atoms with Gasteiger partial charge in [0, 0.05) is 31.2 Å². The van der Waals surface area contributed by atoms with E-state index in [2.05, 4.69) is 10.3 Å².